The van der Waals surface area contributed by atoms with Crippen LogP contribution in [0.15, 0.2) is 42.6 Å². The number of nitrogens with zero attached hydrogens (tertiary/aromatic N) is 1. The Labute approximate surface area is 146 Å². The van der Waals surface area contributed by atoms with Crippen molar-refractivity contribution >= 4 is 23.4 Å². The molecule has 1 aliphatic rings. The molecule has 1 heterocycles. The van der Waals surface area contributed by atoms with Gasteiger partial charge in [0.2, 0.25) is 0 Å². The molecule has 1 saturated carbocycles. The number of carbonyl (C=O) groups is 1. The van der Waals surface area contributed by atoms with Crippen LogP contribution in [0.3, 0.4) is 0 Å². The van der Waals surface area contributed by atoms with Crippen LogP contribution in [-0.4, -0.2) is 23.2 Å². The van der Waals surface area contributed by atoms with Crippen molar-refractivity contribution in [3.8, 4) is 0 Å². The zero-order valence-electron chi connectivity index (χ0n) is 13.5. The molecule has 1 fully saturated rings. The van der Waals surface area contributed by atoms with Gasteiger partial charge in [0.05, 0.1) is 5.69 Å². The van der Waals surface area contributed by atoms with E-state index in [0.717, 1.165) is 29.7 Å². The summed E-state index contributed by atoms with van der Waals surface area (Å²) in [6.45, 7) is 2.26. The van der Waals surface area contributed by atoms with Crippen LogP contribution in [0.5, 0.6) is 0 Å². The van der Waals surface area contributed by atoms with Crippen molar-refractivity contribution in [2.45, 2.75) is 38.5 Å². The summed E-state index contributed by atoms with van der Waals surface area (Å²) in [6.07, 6.45) is 3.04. The van der Waals surface area contributed by atoms with E-state index in [-0.39, 0.29) is 24.8 Å². The molecular formula is C18H20ClN3O2. The predicted octanol–water partition coefficient (Wildman–Crippen LogP) is 3.91. The van der Waals surface area contributed by atoms with E-state index in [1.807, 2.05) is 43.3 Å². The maximum atomic E-state index is 11.8. The molecule has 3 rings (SSSR count). The lowest BCUT2D eigenvalue weighted by atomic mass is 9.86. The van der Waals surface area contributed by atoms with Gasteiger partial charge in [0, 0.05) is 18.3 Å². The van der Waals surface area contributed by atoms with Gasteiger partial charge in [0.15, 0.2) is 5.15 Å². The highest BCUT2D eigenvalue weighted by molar-refractivity contribution is 6.32. The summed E-state index contributed by atoms with van der Waals surface area (Å²) >= 11 is 6.08. The number of anilines is 1. The summed E-state index contributed by atoms with van der Waals surface area (Å²) in [7, 11) is 0. The van der Waals surface area contributed by atoms with Gasteiger partial charge in [-0.15, -0.1) is 0 Å². The van der Waals surface area contributed by atoms with Crippen molar-refractivity contribution in [2.75, 3.05) is 5.32 Å². The van der Waals surface area contributed by atoms with Crippen molar-refractivity contribution in [2.24, 2.45) is 0 Å². The molecule has 5 nitrogen and oxygen atoms in total. The Morgan fingerprint density at radius 3 is 2.79 bits per heavy atom. The molecule has 1 amide bonds. The monoisotopic (exact) mass is 345 g/mol. The third-order valence-corrected chi connectivity index (χ3v) is 4.31. The highest BCUT2D eigenvalue weighted by atomic mass is 35.5. The maximum absolute atomic E-state index is 11.8. The number of halogens is 1. The summed E-state index contributed by atoms with van der Waals surface area (Å²) in [4.78, 5) is 15.9. The van der Waals surface area contributed by atoms with E-state index in [4.69, 9.17) is 16.3 Å². The lowest BCUT2D eigenvalue weighted by Gasteiger charge is -2.36. The van der Waals surface area contributed by atoms with Gasteiger partial charge in [-0.05, 0) is 37.0 Å². The highest BCUT2D eigenvalue weighted by Crippen LogP contribution is 2.28. The number of hydrogen-bond donors (Lipinski definition) is 2. The molecule has 0 unspecified atom stereocenters. The lowest BCUT2D eigenvalue weighted by molar-refractivity contribution is 0.129. The van der Waals surface area contributed by atoms with E-state index >= 15 is 0 Å². The maximum Gasteiger partial charge on any atom is 0.407 e. The standard InChI is InChI=1S/C18H20ClN3O2/c1-12-7-16(17(19)20-10-12)21-14-8-15(9-14)22-18(23)24-11-13-5-3-2-4-6-13/h2-7,10,14-15,21H,8-9,11H2,1H3,(H,22,23). The largest absolute Gasteiger partial charge is 0.445 e. The molecule has 6 heteroatoms. The topological polar surface area (TPSA) is 63.2 Å². The van der Waals surface area contributed by atoms with E-state index in [2.05, 4.69) is 15.6 Å². The predicted molar refractivity (Wildman–Crippen MR) is 94.2 cm³/mol. The fourth-order valence-electron chi connectivity index (χ4n) is 2.66. The fourth-order valence-corrected chi connectivity index (χ4v) is 2.82. The van der Waals surface area contributed by atoms with Gasteiger partial charge in [-0.3, -0.25) is 0 Å². The Bertz CT molecular complexity index is 703. The van der Waals surface area contributed by atoms with Crippen molar-refractivity contribution in [3.05, 3.63) is 58.9 Å². The van der Waals surface area contributed by atoms with E-state index in [9.17, 15) is 4.79 Å². The first-order valence-electron chi connectivity index (χ1n) is 7.96. The zero-order valence-corrected chi connectivity index (χ0v) is 14.2. The molecule has 0 saturated heterocycles. The number of benzene rings is 1. The van der Waals surface area contributed by atoms with E-state index < -0.39 is 0 Å². The summed E-state index contributed by atoms with van der Waals surface area (Å²) in [6, 6.07) is 12.0. The number of nitrogens with one attached hydrogen (secondary N) is 2. The highest BCUT2D eigenvalue weighted by Gasteiger charge is 2.31. The normalized spacial score (nSPS) is 19.2. The van der Waals surface area contributed by atoms with Gasteiger partial charge >= 0.3 is 6.09 Å². The third kappa shape index (κ3) is 4.38. The Morgan fingerprint density at radius 2 is 2.04 bits per heavy atom. The molecule has 0 radical (unpaired) electrons. The molecule has 1 aliphatic carbocycles. The van der Waals surface area contributed by atoms with Crippen LogP contribution in [0.25, 0.3) is 0 Å². The van der Waals surface area contributed by atoms with E-state index in [1.165, 1.54) is 0 Å². The summed E-state index contributed by atoms with van der Waals surface area (Å²) < 4.78 is 5.22. The number of rotatable bonds is 5. The number of amides is 1. The minimum Gasteiger partial charge on any atom is -0.445 e. The van der Waals surface area contributed by atoms with Crippen LogP contribution in [0.1, 0.15) is 24.0 Å². The van der Waals surface area contributed by atoms with Gasteiger partial charge < -0.3 is 15.4 Å². The van der Waals surface area contributed by atoms with Gasteiger partial charge in [0.25, 0.3) is 0 Å². The van der Waals surface area contributed by atoms with Gasteiger partial charge in [-0.2, -0.15) is 0 Å². The molecule has 24 heavy (non-hydrogen) atoms. The minimum atomic E-state index is -0.377. The molecule has 0 atom stereocenters. The second-order valence-corrected chi connectivity index (χ2v) is 6.42. The molecule has 1 aromatic carbocycles. The summed E-state index contributed by atoms with van der Waals surface area (Å²) in [5, 5.41) is 6.71. The second kappa shape index (κ2) is 7.53. The average molecular weight is 346 g/mol. The van der Waals surface area contributed by atoms with Crippen LogP contribution in [-0.2, 0) is 11.3 Å². The quantitative estimate of drug-likeness (QED) is 0.806. The number of pyridine rings is 1. The fraction of sp³-hybridized carbons (Fsp3) is 0.333. The van der Waals surface area contributed by atoms with Gasteiger partial charge in [0.1, 0.15) is 6.61 Å². The molecule has 0 spiro atoms. The van der Waals surface area contributed by atoms with Crippen LogP contribution in [0, 0.1) is 6.92 Å². The summed E-state index contributed by atoms with van der Waals surface area (Å²) in [5.41, 5.74) is 2.87. The van der Waals surface area contributed by atoms with Crippen molar-refractivity contribution < 1.29 is 9.53 Å². The Kier molecular flexibility index (Phi) is 5.20. The first-order valence-corrected chi connectivity index (χ1v) is 8.34. The van der Waals surface area contributed by atoms with Crippen molar-refractivity contribution in [3.63, 3.8) is 0 Å². The van der Waals surface area contributed by atoms with Crippen LogP contribution >= 0.6 is 11.6 Å². The number of alkyl carbamates (subject to hydrolysis) is 1. The number of ether oxygens (including phenoxy) is 1. The average Bonchev–Trinajstić information content (AvgIpc) is 2.55. The third-order valence-electron chi connectivity index (χ3n) is 4.01. The van der Waals surface area contributed by atoms with Crippen molar-refractivity contribution in [1.29, 1.82) is 0 Å². The Morgan fingerprint density at radius 1 is 1.29 bits per heavy atom. The zero-order chi connectivity index (χ0) is 16.9. The van der Waals surface area contributed by atoms with Gasteiger partial charge in [-0.25, -0.2) is 9.78 Å². The number of hydrogen-bond acceptors (Lipinski definition) is 4. The molecule has 2 N–H and O–H groups in total. The Hall–Kier alpha value is -2.27. The molecule has 2 aromatic rings. The smallest absolute Gasteiger partial charge is 0.407 e. The van der Waals surface area contributed by atoms with Crippen LogP contribution in [0.4, 0.5) is 10.5 Å². The minimum absolute atomic E-state index is 0.127. The van der Waals surface area contributed by atoms with Crippen LogP contribution < -0.4 is 10.6 Å². The first kappa shape index (κ1) is 16.6. The molecule has 0 aliphatic heterocycles. The number of aromatic nitrogens is 1. The molecule has 0 bridgehead atoms. The number of aryl methyl sites for hydroxylation is 1. The SMILES string of the molecule is Cc1cnc(Cl)c(NC2CC(NC(=O)OCc3ccccc3)C2)c1. The number of carbonyl (C=O) groups excluding carboxylic acids is 1. The molecule has 126 valence electrons. The lowest BCUT2D eigenvalue weighted by Crippen LogP contribution is -2.49. The van der Waals surface area contributed by atoms with Crippen LogP contribution in [0.2, 0.25) is 5.15 Å². The van der Waals surface area contributed by atoms with Gasteiger partial charge in [-0.1, -0.05) is 41.9 Å². The van der Waals surface area contributed by atoms with E-state index in [1.54, 1.807) is 6.20 Å². The first-order chi connectivity index (χ1) is 11.6. The molecule has 1 aromatic heterocycles. The van der Waals surface area contributed by atoms with Crippen molar-refractivity contribution in [1.82, 2.24) is 10.3 Å². The Balaban J connectivity index is 1.39. The second-order valence-electron chi connectivity index (χ2n) is 6.07. The van der Waals surface area contributed by atoms with E-state index in [0.29, 0.717) is 5.15 Å². The summed E-state index contributed by atoms with van der Waals surface area (Å²) in [5.74, 6) is 0. The molecular weight excluding hydrogens is 326 g/mol.